The van der Waals surface area contributed by atoms with Crippen molar-refractivity contribution in [2.24, 2.45) is 5.41 Å². The lowest BCUT2D eigenvalue weighted by Crippen LogP contribution is -2.46. The first-order valence-electron chi connectivity index (χ1n) is 4.97. The lowest BCUT2D eigenvalue weighted by atomic mass is 9.71. The van der Waals surface area contributed by atoms with Crippen LogP contribution in [0.15, 0.2) is 12.2 Å². The van der Waals surface area contributed by atoms with E-state index in [9.17, 15) is 9.59 Å². The first kappa shape index (κ1) is 10.2. The highest BCUT2D eigenvalue weighted by atomic mass is 16.6. The monoisotopic (exact) mass is 210 g/mol. The van der Waals surface area contributed by atoms with Gasteiger partial charge in [-0.1, -0.05) is 6.58 Å². The molecular formula is C11H14O4. The Bertz CT molecular complexity index is 342. The second kappa shape index (κ2) is 2.84. The molecule has 0 radical (unpaired) electrons. The summed E-state index contributed by atoms with van der Waals surface area (Å²) in [6.45, 7) is 7.59. The van der Waals surface area contributed by atoms with Crippen LogP contribution in [-0.4, -0.2) is 24.1 Å². The molecule has 2 fully saturated rings. The number of rotatable bonds is 1. The van der Waals surface area contributed by atoms with Crippen molar-refractivity contribution in [3.05, 3.63) is 12.2 Å². The maximum absolute atomic E-state index is 11.7. The van der Waals surface area contributed by atoms with Gasteiger partial charge < -0.3 is 9.47 Å². The number of esters is 2. The summed E-state index contributed by atoms with van der Waals surface area (Å²) in [7, 11) is 0. The third-order valence-electron chi connectivity index (χ3n) is 3.61. The van der Waals surface area contributed by atoms with Gasteiger partial charge in [0, 0.05) is 18.4 Å². The molecule has 0 N–H and O–H groups in total. The van der Waals surface area contributed by atoms with E-state index in [1.807, 2.05) is 0 Å². The molecule has 2 atom stereocenters. The van der Waals surface area contributed by atoms with Gasteiger partial charge in [-0.15, -0.1) is 0 Å². The molecule has 0 saturated carbocycles. The summed E-state index contributed by atoms with van der Waals surface area (Å²) >= 11 is 0. The molecule has 2 rings (SSSR count). The quantitative estimate of drug-likeness (QED) is 0.482. The Hall–Kier alpha value is -1.32. The molecule has 2 aliphatic rings. The summed E-state index contributed by atoms with van der Waals surface area (Å²) in [5.41, 5.74) is -1.10. The molecule has 2 saturated heterocycles. The van der Waals surface area contributed by atoms with Crippen molar-refractivity contribution in [1.82, 2.24) is 0 Å². The molecule has 2 heterocycles. The van der Waals surface area contributed by atoms with E-state index < -0.39 is 17.0 Å². The molecule has 2 unspecified atom stereocenters. The molecule has 4 heteroatoms. The molecule has 2 aliphatic heterocycles. The Balaban J connectivity index is 2.34. The van der Waals surface area contributed by atoms with Crippen LogP contribution in [0.5, 0.6) is 0 Å². The number of carbonyl (C=O) groups excluding carboxylic acids is 2. The molecule has 4 nitrogen and oxygen atoms in total. The van der Waals surface area contributed by atoms with Crippen LogP contribution in [0.25, 0.3) is 0 Å². The fourth-order valence-electron chi connectivity index (χ4n) is 2.19. The van der Waals surface area contributed by atoms with Crippen molar-refractivity contribution in [3.8, 4) is 0 Å². The second-order valence-electron chi connectivity index (χ2n) is 4.62. The second-order valence-corrected chi connectivity index (χ2v) is 4.62. The van der Waals surface area contributed by atoms with Crippen LogP contribution in [0.1, 0.15) is 26.7 Å². The van der Waals surface area contributed by atoms with Gasteiger partial charge in [0.05, 0.1) is 6.61 Å². The van der Waals surface area contributed by atoms with E-state index in [1.165, 1.54) is 0 Å². The van der Waals surface area contributed by atoms with Gasteiger partial charge in [0.15, 0.2) is 0 Å². The van der Waals surface area contributed by atoms with E-state index in [0.29, 0.717) is 25.0 Å². The zero-order chi connectivity index (χ0) is 11.3. The summed E-state index contributed by atoms with van der Waals surface area (Å²) in [4.78, 5) is 23.0. The van der Waals surface area contributed by atoms with E-state index in [1.54, 1.807) is 13.8 Å². The van der Waals surface area contributed by atoms with Crippen molar-refractivity contribution < 1.29 is 19.1 Å². The Morgan fingerprint density at radius 1 is 1.33 bits per heavy atom. The number of hydrogen-bond acceptors (Lipinski definition) is 4. The van der Waals surface area contributed by atoms with Crippen LogP contribution in [0.3, 0.4) is 0 Å². The summed E-state index contributed by atoms with van der Waals surface area (Å²) in [6, 6.07) is 0. The molecule has 82 valence electrons. The fraction of sp³-hybridized carbons (Fsp3) is 0.636. The van der Waals surface area contributed by atoms with Crippen LogP contribution in [0, 0.1) is 5.41 Å². The molecule has 0 bridgehead atoms. The molecule has 0 aromatic rings. The normalized spacial score (nSPS) is 40.5. The Kier molecular flexibility index (Phi) is 1.93. The summed E-state index contributed by atoms with van der Waals surface area (Å²) in [5.74, 6) is -0.689. The minimum Gasteiger partial charge on any atom is -0.465 e. The fourth-order valence-corrected chi connectivity index (χ4v) is 2.19. The molecule has 0 aromatic carbocycles. The lowest BCUT2D eigenvalue weighted by Gasteiger charge is -2.35. The molecular weight excluding hydrogens is 196 g/mol. The van der Waals surface area contributed by atoms with Crippen molar-refractivity contribution in [3.63, 3.8) is 0 Å². The molecule has 15 heavy (non-hydrogen) atoms. The first-order chi connectivity index (χ1) is 6.89. The van der Waals surface area contributed by atoms with Crippen molar-refractivity contribution in [1.29, 1.82) is 0 Å². The van der Waals surface area contributed by atoms with Crippen molar-refractivity contribution in [2.75, 3.05) is 6.61 Å². The maximum Gasteiger partial charge on any atom is 0.334 e. The number of hydrogen-bond donors (Lipinski definition) is 0. The Labute approximate surface area is 88.2 Å². The Morgan fingerprint density at radius 3 is 2.40 bits per heavy atom. The van der Waals surface area contributed by atoms with Gasteiger partial charge in [0.1, 0.15) is 11.0 Å². The smallest absolute Gasteiger partial charge is 0.334 e. The van der Waals surface area contributed by atoms with Crippen LogP contribution in [0.4, 0.5) is 0 Å². The van der Waals surface area contributed by atoms with Crippen LogP contribution < -0.4 is 0 Å². The Morgan fingerprint density at radius 2 is 2.00 bits per heavy atom. The minimum absolute atomic E-state index is 0.285. The molecule has 0 spiro atoms. The average Bonchev–Trinajstić information content (AvgIpc) is 2.59. The van der Waals surface area contributed by atoms with E-state index in [4.69, 9.17) is 9.47 Å². The third-order valence-corrected chi connectivity index (χ3v) is 3.61. The number of ether oxygens (including phenoxy) is 2. The molecule has 0 aromatic heterocycles. The zero-order valence-corrected chi connectivity index (χ0v) is 8.96. The van der Waals surface area contributed by atoms with Crippen molar-refractivity contribution in [2.45, 2.75) is 32.3 Å². The highest BCUT2D eigenvalue weighted by Crippen LogP contribution is 2.48. The zero-order valence-electron chi connectivity index (χ0n) is 8.96. The average molecular weight is 210 g/mol. The summed E-state index contributed by atoms with van der Waals surface area (Å²) in [6.07, 6.45) is 0.986. The van der Waals surface area contributed by atoms with E-state index in [0.717, 1.165) is 0 Å². The van der Waals surface area contributed by atoms with Crippen LogP contribution in [0.2, 0.25) is 0 Å². The van der Waals surface area contributed by atoms with E-state index in [-0.39, 0.29) is 5.97 Å². The standard InChI is InChI=1S/C11H14O4/c1-7-6-11(3,15-8(7)12)10(2)4-5-14-9(10)13/h1,4-6H2,2-3H3. The van der Waals surface area contributed by atoms with Gasteiger partial charge in [-0.3, -0.25) is 4.79 Å². The highest BCUT2D eigenvalue weighted by Gasteiger charge is 2.59. The third kappa shape index (κ3) is 1.20. The SMILES string of the molecule is C=C1CC(C)(C2(C)CCOC2=O)OC1=O. The predicted octanol–water partition coefficient (Wildman–Crippen LogP) is 1.20. The summed E-state index contributed by atoms with van der Waals surface area (Å²) < 4.78 is 10.2. The maximum atomic E-state index is 11.7. The first-order valence-corrected chi connectivity index (χ1v) is 4.97. The van der Waals surface area contributed by atoms with E-state index in [2.05, 4.69) is 6.58 Å². The number of carbonyl (C=O) groups is 2. The number of cyclic esters (lactones) is 2. The largest absolute Gasteiger partial charge is 0.465 e. The van der Waals surface area contributed by atoms with Gasteiger partial charge in [0.2, 0.25) is 0 Å². The van der Waals surface area contributed by atoms with Crippen molar-refractivity contribution >= 4 is 11.9 Å². The van der Waals surface area contributed by atoms with Gasteiger partial charge in [-0.05, 0) is 13.8 Å². The van der Waals surface area contributed by atoms with Gasteiger partial charge in [-0.25, -0.2) is 4.79 Å². The summed E-state index contributed by atoms with van der Waals surface area (Å²) in [5, 5.41) is 0. The molecule has 0 amide bonds. The topological polar surface area (TPSA) is 52.6 Å². The lowest BCUT2D eigenvalue weighted by molar-refractivity contribution is -0.167. The highest BCUT2D eigenvalue weighted by molar-refractivity contribution is 5.92. The molecule has 0 aliphatic carbocycles. The van der Waals surface area contributed by atoms with Gasteiger partial charge >= 0.3 is 11.9 Å². The van der Waals surface area contributed by atoms with Gasteiger partial charge in [-0.2, -0.15) is 0 Å². The van der Waals surface area contributed by atoms with E-state index >= 15 is 0 Å². The van der Waals surface area contributed by atoms with Gasteiger partial charge in [0.25, 0.3) is 0 Å². The van der Waals surface area contributed by atoms with Crippen LogP contribution >= 0.6 is 0 Å². The minimum atomic E-state index is -0.797. The predicted molar refractivity (Wildman–Crippen MR) is 51.9 cm³/mol. The van der Waals surface area contributed by atoms with Crippen LogP contribution in [-0.2, 0) is 19.1 Å².